The predicted molar refractivity (Wildman–Crippen MR) is 173 cm³/mol. The third-order valence-electron chi connectivity index (χ3n) is 5.50. The van der Waals surface area contributed by atoms with Gasteiger partial charge < -0.3 is 26.2 Å². The first-order valence-electron chi connectivity index (χ1n) is 13.4. The maximum absolute atomic E-state index is 13.3. The monoisotopic (exact) mass is 716 g/mol. The molecule has 0 bridgehead atoms. The Morgan fingerprint density at radius 3 is 1.85 bits per heavy atom. The SMILES string of the molecule is CC(C)(C)Cc1nc(NC(N)=S)c(C(F)(F)F)cc1NC(=O)O.COC(=O)Nc1cc(C(F)(F)F)c(NCS(C)=N)nc1C(C)(C)C. The number of rotatable bonds is 7. The standard InChI is InChI=1S/C14H21F3N4O2S.C13H17F3N4O2S/c1-13(2,3)10-9(20-12(22)23-4)6-8(14(15,16)17)11(21-10)19-7-24(5)18;1-12(2,3)5-8-7(19-11(21)22)4-6(13(14,15)16)9(18-8)20-10(17)23/h6,18H,7H2,1-5H3,(H,19,21)(H,20,22);4,19H,5H2,1-3H3,(H,21,22)(H3,17,18,20,23). The largest absolute Gasteiger partial charge is 0.465 e. The summed E-state index contributed by atoms with van der Waals surface area (Å²) in [6.07, 6.45) is -9.95. The summed E-state index contributed by atoms with van der Waals surface area (Å²) >= 11 is 4.57. The zero-order valence-corrected chi connectivity index (χ0v) is 28.4. The van der Waals surface area contributed by atoms with Gasteiger partial charge in [-0.15, -0.1) is 0 Å². The molecule has 2 aromatic rings. The average molecular weight is 717 g/mol. The summed E-state index contributed by atoms with van der Waals surface area (Å²) in [6, 6.07) is 1.52. The fourth-order valence-corrected chi connectivity index (χ4v) is 4.16. The molecule has 12 nitrogen and oxygen atoms in total. The molecule has 47 heavy (non-hydrogen) atoms. The van der Waals surface area contributed by atoms with Gasteiger partial charge in [0.2, 0.25) is 0 Å². The van der Waals surface area contributed by atoms with Crippen LogP contribution < -0.4 is 27.0 Å². The smallest absolute Gasteiger partial charge is 0.420 e. The Hall–Kier alpha value is -3.94. The molecular formula is C27H38F6N8O4S2. The molecule has 8 N–H and O–H groups in total. The first-order valence-corrected chi connectivity index (χ1v) is 15.6. The minimum Gasteiger partial charge on any atom is -0.465 e. The lowest BCUT2D eigenvalue weighted by Gasteiger charge is -2.25. The van der Waals surface area contributed by atoms with E-state index >= 15 is 0 Å². The molecule has 0 radical (unpaired) electrons. The van der Waals surface area contributed by atoms with Crippen LogP contribution in [0.25, 0.3) is 0 Å². The molecule has 2 heterocycles. The Labute approximate surface area is 275 Å². The number of nitrogens with two attached hydrogens (primary N) is 1. The van der Waals surface area contributed by atoms with Crippen molar-refractivity contribution in [2.24, 2.45) is 11.1 Å². The number of carbonyl (C=O) groups is 2. The predicted octanol–water partition coefficient (Wildman–Crippen LogP) is 7.39. The maximum atomic E-state index is 13.3. The molecule has 0 aliphatic rings. The second-order valence-electron chi connectivity index (χ2n) is 12.1. The van der Waals surface area contributed by atoms with Gasteiger partial charge in [-0.25, -0.2) is 19.6 Å². The van der Waals surface area contributed by atoms with E-state index in [0.29, 0.717) is 6.07 Å². The highest BCUT2D eigenvalue weighted by atomic mass is 32.2. The van der Waals surface area contributed by atoms with Crippen molar-refractivity contribution in [1.82, 2.24) is 9.97 Å². The Balaban J connectivity index is 0.000000470. The van der Waals surface area contributed by atoms with Crippen molar-refractivity contribution in [3.8, 4) is 0 Å². The van der Waals surface area contributed by atoms with Gasteiger partial charge in [0.1, 0.15) is 17.2 Å². The van der Waals surface area contributed by atoms with Crippen LogP contribution in [-0.4, -0.2) is 51.6 Å². The van der Waals surface area contributed by atoms with Crippen LogP contribution in [0.2, 0.25) is 0 Å². The van der Waals surface area contributed by atoms with Gasteiger partial charge in [-0.3, -0.25) is 15.4 Å². The van der Waals surface area contributed by atoms with Crippen molar-refractivity contribution >= 4 is 63.2 Å². The summed E-state index contributed by atoms with van der Waals surface area (Å²) in [5.74, 6) is -0.863. The van der Waals surface area contributed by atoms with Crippen molar-refractivity contribution in [3.05, 3.63) is 34.6 Å². The number of amides is 2. The van der Waals surface area contributed by atoms with Gasteiger partial charge >= 0.3 is 24.5 Å². The molecule has 20 heteroatoms. The third kappa shape index (κ3) is 13.8. The average Bonchev–Trinajstić information content (AvgIpc) is 2.86. The minimum absolute atomic E-state index is 0.0451. The Bertz CT molecular complexity index is 1490. The first-order chi connectivity index (χ1) is 21.1. The second kappa shape index (κ2) is 15.8. The van der Waals surface area contributed by atoms with Crippen molar-refractivity contribution < 1.29 is 45.8 Å². The molecule has 0 saturated carbocycles. The number of carboxylic acid groups (broad SMARTS) is 1. The first kappa shape index (κ1) is 41.1. The Kier molecular flexibility index (Phi) is 13.8. The number of methoxy groups -OCH3 is 1. The number of anilines is 4. The van der Waals surface area contributed by atoms with Crippen molar-refractivity contribution in [2.45, 2.75) is 65.7 Å². The Morgan fingerprint density at radius 2 is 1.45 bits per heavy atom. The number of carbonyl (C=O) groups excluding carboxylic acids is 1. The lowest BCUT2D eigenvalue weighted by molar-refractivity contribution is -0.137. The molecule has 0 aliphatic carbocycles. The van der Waals surface area contributed by atoms with Gasteiger partial charge in [0.25, 0.3) is 0 Å². The van der Waals surface area contributed by atoms with Crippen molar-refractivity contribution in [1.29, 1.82) is 4.78 Å². The van der Waals surface area contributed by atoms with Crippen LogP contribution in [-0.2, 0) is 39.6 Å². The van der Waals surface area contributed by atoms with E-state index in [-0.39, 0.29) is 51.4 Å². The number of thiocarbonyl (C=S) groups is 1. The number of aromatic nitrogens is 2. The van der Waals surface area contributed by atoms with Gasteiger partial charge in [0.05, 0.1) is 41.3 Å². The number of hydrogen-bond donors (Lipinski definition) is 7. The van der Waals surface area contributed by atoms with E-state index in [1.807, 2.05) is 26.1 Å². The fraction of sp³-hybridized carbons (Fsp3) is 0.519. The van der Waals surface area contributed by atoms with Gasteiger partial charge in [-0.2, -0.15) is 26.3 Å². The van der Waals surface area contributed by atoms with E-state index in [2.05, 4.69) is 42.9 Å². The molecule has 0 saturated heterocycles. The quantitative estimate of drug-likeness (QED) is 0.112. The minimum atomic E-state index is -4.75. The van der Waals surface area contributed by atoms with E-state index in [1.165, 1.54) is 0 Å². The number of pyridine rings is 2. The number of alkyl halides is 6. The van der Waals surface area contributed by atoms with E-state index < -0.39 is 57.6 Å². The van der Waals surface area contributed by atoms with Gasteiger partial charge in [0, 0.05) is 5.41 Å². The lowest BCUT2D eigenvalue weighted by Crippen LogP contribution is -2.24. The van der Waals surface area contributed by atoms with E-state index in [1.54, 1.807) is 27.0 Å². The molecule has 0 aromatic carbocycles. The van der Waals surface area contributed by atoms with E-state index in [9.17, 15) is 35.9 Å². The summed E-state index contributed by atoms with van der Waals surface area (Å²) in [7, 11) is 0.269. The summed E-state index contributed by atoms with van der Waals surface area (Å²) < 4.78 is 91.4. The molecule has 2 amide bonds. The van der Waals surface area contributed by atoms with Crippen LogP contribution in [0.3, 0.4) is 0 Å². The molecule has 264 valence electrons. The zero-order valence-electron chi connectivity index (χ0n) is 26.8. The topological polar surface area (TPSA) is 187 Å². The van der Waals surface area contributed by atoms with Crippen LogP contribution in [0.4, 0.5) is 58.9 Å². The van der Waals surface area contributed by atoms with Crippen LogP contribution in [0.15, 0.2) is 12.1 Å². The molecule has 2 aromatic heterocycles. The summed E-state index contributed by atoms with van der Waals surface area (Å²) in [6.45, 7) is 10.8. The number of halogens is 6. The van der Waals surface area contributed by atoms with Crippen LogP contribution in [0, 0.1) is 10.2 Å². The molecule has 2 rings (SSSR count). The number of nitrogens with one attached hydrogen (secondary N) is 5. The number of nitrogens with zero attached hydrogens (tertiary/aromatic N) is 2. The molecule has 0 spiro atoms. The molecular weight excluding hydrogens is 678 g/mol. The third-order valence-corrected chi connectivity index (χ3v) is 6.18. The van der Waals surface area contributed by atoms with Crippen LogP contribution in [0.1, 0.15) is 64.1 Å². The molecule has 1 atom stereocenters. The summed E-state index contributed by atoms with van der Waals surface area (Å²) in [4.78, 5) is 30.3. The van der Waals surface area contributed by atoms with Crippen LogP contribution in [0.5, 0.6) is 0 Å². The fourth-order valence-electron chi connectivity index (χ4n) is 3.71. The highest BCUT2D eigenvalue weighted by Gasteiger charge is 2.38. The number of hydrogen-bond acceptors (Lipinski definition) is 8. The Morgan fingerprint density at radius 1 is 0.936 bits per heavy atom. The van der Waals surface area contributed by atoms with Crippen molar-refractivity contribution in [2.75, 3.05) is 40.5 Å². The van der Waals surface area contributed by atoms with Crippen molar-refractivity contribution in [3.63, 3.8) is 0 Å². The van der Waals surface area contributed by atoms with Gasteiger partial charge in [0.15, 0.2) is 5.11 Å². The van der Waals surface area contributed by atoms with Crippen LogP contribution >= 0.6 is 12.2 Å². The zero-order chi connectivity index (χ0) is 36.7. The van der Waals surface area contributed by atoms with E-state index in [4.69, 9.17) is 15.6 Å². The highest BCUT2D eigenvalue weighted by Crippen LogP contribution is 2.40. The highest BCUT2D eigenvalue weighted by molar-refractivity contribution is 7.85. The summed E-state index contributed by atoms with van der Waals surface area (Å²) in [5, 5.41) is 17.5. The summed E-state index contributed by atoms with van der Waals surface area (Å²) in [5.41, 5.74) is 2.27. The maximum Gasteiger partial charge on any atom is 0.420 e. The van der Waals surface area contributed by atoms with Gasteiger partial charge in [-0.1, -0.05) is 52.2 Å². The van der Waals surface area contributed by atoms with Gasteiger partial charge in [-0.05, 0) is 42.4 Å². The number of ether oxygens (including phenoxy) is 1. The second-order valence-corrected chi connectivity index (χ2v) is 14.1. The molecule has 1 unspecified atom stereocenters. The normalized spacial score (nSPS) is 12.6. The lowest BCUT2D eigenvalue weighted by atomic mass is 9.89. The molecule has 0 aliphatic heterocycles. The molecule has 0 fully saturated rings. The van der Waals surface area contributed by atoms with E-state index in [0.717, 1.165) is 13.2 Å².